The van der Waals surface area contributed by atoms with Gasteiger partial charge < -0.3 is 10.2 Å². The molecule has 2 N–H and O–H groups in total. The molecule has 4 heteroatoms. The molecule has 0 aliphatic heterocycles. The molecule has 0 spiro atoms. The van der Waals surface area contributed by atoms with Gasteiger partial charge in [-0.25, -0.2) is 4.98 Å². The smallest absolute Gasteiger partial charge is 0.164 e. The van der Waals surface area contributed by atoms with Crippen molar-refractivity contribution in [2.24, 2.45) is 5.73 Å². The highest BCUT2D eigenvalue weighted by atomic mass is 32.1. The SMILES string of the molecule is NCC1CCCc2sc(-c3cc4ccccc4o3)nc21. The van der Waals surface area contributed by atoms with E-state index in [0.717, 1.165) is 34.6 Å². The van der Waals surface area contributed by atoms with Crippen LogP contribution in [0.1, 0.15) is 29.3 Å². The van der Waals surface area contributed by atoms with Gasteiger partial charge in [0, 0.05) is 22.7 Å². The van der Waals surface area contributed by atoms with E-state index in [1.54, 1.807) is 11.3 Å². The van der Waals surface area contributed by atoms with Crippen LogP contribution in [0.4, 0.5) is 0 Å². The lowest BCUT2D eigenvalue weighted by Crippen LogP contribution is -2.17. The molecule has 0 amide bonds. The van der Waals surface area contributed by atoms with E-state index < -0.39 is 0 Å². The molecule has 2 heterocycles. The van der Waals surface area contributed by atoms with Gasteiger partial charge >= 0.3 is 0 Å². The molecule has 1 unspecified atom stereocenters. The summed E-state index contributed by atoms with van der Waals surface area (Å²) in [6, 6.07) is 10.2. The number of benzene rings is 1. The van der Waals surface area contributed by atoms with E-state index in [2.05, 4.69) is 12.1 Å². The summed E-state index contributed by atoms with van der Waals surface area (Å²) in [5, 5.41) is 2.12. The molecule has 1 aliphatic rings. The molecule has 102 valence electrons. The van der Waals surface area contributed by atoms with Crippen molar-refractivity contribution in [1.82, 2.24) is 4.98 Å². The van der Waals surface area contributed by atoms with E-state index in [-0.39, 0.29) is 0 Å². The molecular weight excluding hydrogens is 268 g/mol. The standard InChI is InChI=1S/C16H16N2OS/c17-9-11-5-3-7-14-15(11)18-16(20-14)13-8-10-4-1-2-6-12(10)19-13/h1-2,4,6,8,11H,3,5,7,9,17H2. The zero-order valence-electron chi connectivity index (χ0n) is 11.1. The van der Waals surface area contributed by atoms with Crippen molar-refractivity contribution in [3.63, 3.8) is 0 Å². The van der Waals surface area contributed by atoms with Crippen molar-refractivity contribution in [2.75, 3.05) is 6.54 Å². The predicted octanol–water partition coefficient (Wildman–Crippen LogP) is 3.93. The number of aromatic nitrogens is 1. The molecule has 20 heavy (non-hydrogen) atoms. The van der Waals surface area contributed by atoms with Crippen LogP contribution in [-0.4, -0.2) is 11.5 Å². The second-order valence-electron chi connectivity index (χ2n) is 5.30. The molecule has 0 radical (unpaired) electrons. The van der Waals surface area contributed by atoms with E-state index >= 15 is 0 Å². The Labute approximate surface area is 121 Å². The first-order chi connectivity index (χ1) is 9.85. The fraction of sp³-hybridized carbons (Fsp3) is 0.312. The fourth-order valence-corrected chi connectivity index (χ4v) is 4.07. The summed E-state index contributed by atoms with van der Waals surface area (Å²) >= 11 is 1.76. The van der Waals surface area contributed by atoms with E-state index in [1.165, 1.54) is 17.0 Å². The Morgan fingerprint density at radius 2 is 2.25 bits per heavy atom. The van der Waals surface area contributed by atoms with Gasteiger partial charge in [-0.3, -0.25) is 0 Å². The van der Waals surface area contributed by atoms with Crippen molar-refractivity contribution in [3.05, 3.63) is 40.9 Å². The van der Waals surface area contributed by atoms with Gasteiger partial charge in [-0.2, -0.15) is 0 Å². The Kier molecular flexibility index (Phi) is 2.86. The minimum Gasteiger partial charge on any atom is -0.454 e. The van der Waals surface area contributed by atoms with Crippen LogP contribution in [0, 0.1) is 0 Å². The number of hydrogen-bond donors (Lipinski definition) is 1. The van der Waals surface area contributed by atoms with Crippen LogP contribution >= 0.6 is 11.3 Å². The van der Waals surface area contributed by atoms with Gasteiger partial charge in [-0.1, -0.05) is 18.2 Å². The topological polar surface area (TPSA) is 52.0 Å². The molecule has 2 aromatic heterocycles. The summed E-state index contributed by atoms with van der Waals surface area (Å²) in [6.07, 6.45) is 3.51. The molecule has 4 rings (SSSR count). The molecule has 3 nitrogen and oxygen atoms in total. The summed E-state index contributed by atoms with van der Waals surface area (Å²) < 4.78 is 5.92. The van der Waals surface area contributed by atoms with E-state index in [9.17, 15) is 0 Å². The number of fused-ring (bicyclic) bond motifs is 2. The summed E-state index contributed by atoms with van der Waals surface area (Å²) in [5.74, 6) is 1.30. The monoisotopic (exact) mass is 284 g/mol. The zero-order valence-corrected chi connectivity index (χ0v) is 12.0. The predicted molar refractivity (Wildman–Crippen MR) is 82.1 cm³/mol. The third-order valence-corrected chi connectivity index (χ3v) is 5.14. The summed E-state index contributed by atoms with van der Waals surface area (Å²) in [4.78, 5) is 6.20. The summed E-state index contributed by atoms with van der Waals surface area (Å²) in [5.41, 5.74) is 8.00. The maximum absolute atomic E-state index is 5.92. The molecule has 0 bridgehead atoms. The lowest BCUT2D eigenvalue weighted by atomic mass is 9.91. The van der Waals surface area contributed by atoms with Crippen LogP contribution in [0.3, 0.4) is 0 Å². The highest BCUT2D eigenvalue weighted by molar-refractivity contribution is 7.15. The van der Waals surface area contributed by atoms with Crippen LogP contribution < -0.4 is 5.73 Å². The third-order valence-electron chi connectivity index (χ3n) is 3.99. The van der Waals surface area contributed by atoms with Crippen molar-refractivity contribution in [2.45, 2.75) is 25.2 Å². The minimum atomic E-state index is 0.424. The van der Waals surface area contributed by atoms with Gasteiger partial charge in [-0.05, 0) is 31.4 Å². The number of nitrogens with zero attached hydrogens (tertiary/aromatic N) is 1. The van der Waals surface area contributed by atoms with Crippen LogP contribution in [0.15, 0.2) is 34.7 Å². The minimum absolute atomic E-state index is 0.424. The van der Waals surface area contributed by atoms with Crippen molar-refractivity contribution < 1.29 is 4.42 Å². The van der Waals surface area contributed by atoms with Gasteiger partial charge in [0.25, 0.3) is 0 Å². The van der Waals surface area contributed by atoms with Crippen LogP contribution in [-0.2, 0) is 6.42 Å². The van der Waals surface area contributed by atoms with Gasteiger partial charge in [0.2, 0.25) is 0 Å². The zero-order chi connectivity index (χ0) is 13.5. The highest BCUT2D eigenvalue weighted by Crippen LogP contribution is 2.39. The first kappa shape index (κ1) is 12.1. The van der Waals surface area contributed by atoms with Crippen LogP contribution in [0.5, 0.6) is 0 Å². The Morgan fingerprint density at radius 1 is 1.35 bits per heavy atom. The number of nitrogens with two attached hydrogens (primary N) is 1. The van der Waals surface area contributed by atoms with Gasteiger partial charge in [-0.15, -0.1) is 11.3 Å². The second-order valence-corrected chi connectivity index (χ2v) is 6.38. The van der Waals surface area contributed by atoms with Crippen LogP contribution in [0.2, 0.25) is 0 Å². The molecule has 0 saturated carbocycles. The number of thiazole rings is 1. The number of furan rings is 1. The lowest BCUT2D eigenvalue weighted by molar-refractivity contribution is 0.553. The number of hydrogen-bond acceptors (Lipinski definition) is 4. The quantitative estimate of drug-likeness (QED) is 0.775. The summed E-state index contributed by atoms with van der Waals surface area (Å²) in [6.45, 7) is 0.691. The van der Waals surface area contributed by atoms with E-state index in [1.807, 2.05) is 18.2 Å². The van der Waals surface area contributed by atoms with Gasteiger partial charge in [0.1, 0.15) is 5.58 Å². The third kappa shape index (κ3) is 1.87. The first-order valence-corrected chi connectivity index (χ1v) is 7.85. The molecule has 0 fully saturated rings. The molecule has 3 aromatic rings. The Balaban J connectivity index is 1.80. The normalized spacial score (nSPS) is 18.4. The van der Waals surface area contributed by atoms with Crippen molar-refractivity contribution in [1.29, 1.82) is 0 Å². The molecule has 1 aromatic carbocycles. The Morgan fingerprint density at radius 3 is 3.10 bits per heavy atom. The van der Waals surface area contributed by atoms with E-state index in [0.29, 0.717) is 12.5 Å². The second kappa shape index (κ2) is 4.72. The van der Waals surface area contributed by atoms with Crippen molar-refractivity contribution in [3.8, 4) is 10.8 Å². The molecule has 0 saturated heterocycles. The molecule has 1 atom stereocenters. The average molecular weight is 284 g/mol. The molecule has 1 aliphatic carbocycles. The Hall–Kier alpha value is -1.65. The van der Waals surface area contributed by atoms with Crippen molar-refractivity contribution >= 4 is 22.3 Å². The van der Waals surface area contributed by atoms with Crippen LogP contribution in [0.25, 0.3) is 21.7 Å². The lowest BCUT2D eigenvalue weighted by Gasteiger charge is -2.18. The maximum atomic E-state index is 5.92. The Bertz CT molecular complexity index is 726. The van der Waals surface area contributed by atoms with Gasteiger partial charge in [0.15, 0.2) is 10.8 Å². The number of aryl methyl sites for hydroxylation is 1. The largest absolute Gasteiger partial charge is 0.454 e. The average Bonchev–Trinajstić information content (AvgIpc) is 3.09. The maximum Gasteiger partial charge on any atom is 0.164 e. The first-order valence-electron chi connectivity index (χ1n) is 7.04. The fourth-order valence-electron chi connectivity index (χ4n) is 2.93. The van der Waals surface area contributed by atoms with Gasteiger partial charge in [0.05, 0.1) is 5.69 Å². The highest BCUT2D eigenvalue weighted by Gasteiger charge is 2.24. The van der Waals surface area contributed by atoms with E-state index in [4.69, 9.17) is 15.1 Å². The molecular formula is C16H16N2OS. The number of para-hydroxylation sites is 1. The summed E-state index contributed by atoms with van der Waals surface area (Å²) in [7, 11) is 0. The number of rotatable bonds is 2.